The maximum Gasteiger partial charge on any atom is 0.314 e. The van der Waals surface area contributed by atoms with Crippen molar-refractivity contribution in [3.63, 3.8) is 0 Å². The van der Waals surface area contributed by atoms with Gasteiger partial charge in [-0.25, -0.2) is 9.78 Å². The van der Waals surface area contributed by atoms with Gasteiger partial charge in [-0.2, -0.15) is 0 Å². The van der Waals surface area contributed by atoms with Gasteiger partial charge in [-0.15, -0.1) is 11.3 Å². The van der Waals surface area contributed by atoms with Crippen molar-refractivity contribution in [3.8, 4) is 10.6 Å². The van der Waals surface area contributed by atoms with E-state index in [2.05, 4.69) is 10.3 Å². The molecule has 0 aliphatic carbocycles. The highest BCUT2D eigenvalue weighted by atomic mass is 32.1. The van der Waals surface area contributed by atoms with E-state index in [9.17, 15) is 9.59 Å². The molecule has 7 heteroatoms. The Kier molecular flexibility index (Phi) is 4.43. The van der Waals surface area contributed by atoms with Crippen molar-refractivity contribution >= 4 is 39.2 Å². The average Bonchev–Trinajstić information content (AvgIpc) is 2.99. The third-order valence-electron chi connectivity index (χ3n) is 3.44. The molecule has 24 heavy (non-hydrogen) atoms. The standard InChI is InChI=1S/C17H16N4O2S/c1-21(17(18)23)10-15(22)19-12-6-4-5-11(9-12)16-20-13-7-2-3-8-14(13)24-16/h2-9H,10H2,1H3,(H2,18,23)(H,19,22). The number of hydrogen-bond acceptors (Lipinski definition) is 4. The number of nitrogens with one attached hydrogen (secondary N) is 1. The molecule has 3 N–H and O–H groups in total. The molecule has 0 spiro atoms. The lowest BCUT2D eigenvalue weighted by molar-refractivity contribution is -0.116. The number of para-hydroxylation sites is 1. The van der Waals surface area contributed by atoms with Crippen LogP contribution in [0.2, 0.25) is 0 Å². The Morgan fingerprint density at radius 3 is 2.75 bits per heavy atom. The number of nitrogens with zero attached hydrogens (tertiary/aromatic N) is 2. The molecule has 122 valence electrons. The number of thiazole rings is 1. The van der Waals surface area contributed by atoms with Crippen LogP contribution < -0.4 is 11.1 Å². The van der Waals surface area contributed by atoms with Gasteiger partial charge >= 0.3 is 6.03 Å². The van der Waals surface area contributed by atoms with Gasteiger partial charge in [0, 0.05) is 18.3 Å². The number of hydrogen-bond donors (Lipinski definition) is 2. The van der Waals surface area contributed by atoms with Crippen LogP contribution in [0.1, 0.15) is 0 Å². The second-order valence-electron chi connectivity index (χ2n) is 5.31. The smallest absolute Gasteiger partial charge is 0.314 e. The van der Waals surface area contributed by atoms with Crippen LogP contribution in [0.5, 0.6) is 0 Å². The molecule has 1 aromatic heterocycles. The molecule has 0 atom stereocenters. The predicted octanol–water partition coefficient (Wildman–Crippen LogP) is 2.91. The van der Waals surface area contributed by atoms with Crippen LogP contribution in [0.25, 0.3) is 20.8 Å². The second kappa shape index (κ2) is 6.67. The van der Waals surface area contributed by atoms with Gasteiger partial charge in [0.2, 0.25) is 5.91 Å². The van der Waals surface area contributed by atoms with E-state index in [0.29, 0.717) is 5.69 Å². The second-order valence-corrected chi connectivity index (χ2v) is 6.34. The minimum atomic E-state index is -0.645. The molecule has 3 aromatic rings. The summed E-state index contributed by atoms with van der Waals surface area (Å²) in [7, 11) is 1.47. The number of fused-ring (bicyclic) bond motifs is 1. The number of urea groups is 1. The number of benzene rings is 2. The van der Waals surface area contributed by atoms with Gasteiger partial charge in [0.05, 0.1) is 10.2 Å². The quantitative estimate of drug-likeness (QED) is 0.765. The summed E-state index contributed by atoms with van der Waals surface area (Å²) in [6.45, 7) is -0.0965. The Balaban J connectivity index is 1.79. The molecule has 0 unspecified atom stereocenters. The third kappa shape index (κ3) is 3.52. The number of amides is 3. The molecule has 0 saturated heterocycles. The zero-order valence-corrected chi connectivity index (χ0v) is 13.8. The first kappa shape index (κ1) is 15.9. The molecule has 3 amide bonds. The fraction of sp³-hybridized carbons (Fsp3) is 0.118. The molecule has 1 heterocycles. The largest absolute Gasteiger partial charge is 0.351 e. The summed E-state index contributed by atoms with van der Waals surface area (Å²) in [6.07, 6.45) is 0. The number of rotatable bonds is 4. The van der Waals surface area contributed by atoms with Crippen LogP contribution in [-0.2, 0) is 4.79 Å². The predicted molar refractivity (Wildman–Crippen MR) is 95.9 cm³/mol. The lowest BCUT2D eigenvalue weighted by Gasteiger charge is -2.13. The summed E-state index contributed by atoms with van der Waals surface area (Å²) in [5.74, 6) is -0.308. The van der Waals surface area contributed by atoms with Crippen molar-refractivity contribution in [3.05, 3.63) is 48.5 Å². The highest BCUT2D eigenvalue weighted by Crippen LogP contribution is 2.31. The van der Waals surface area contributed by atoms with Crippen LogP contribution in [0.3, 0.4) is 0 Å². The normalized spacial score (nSPS) is 10.5. The maximum absolute atomic E-state index is 11.9. The number of anilines is 1. The van der Waals surface area contributed by atoms with E-state index >= 15 is 0 Å². The van der Waals surface area contributed by atoms with Crippen molar-refractivity contribution in [1.82, 2.24) is 9.88 Å². The number of primary amides is 1. The van der Waals surface area contributed by atoms with E-state index in [4.69, 9.17) is 5.73 Å². The van der Waals surface area contributed by atoms with Crippen molar-refractivity contribution in [2.75, 3.05) is 18.9 Å². The Hall–Kier alpha value is -2.93. The van der Waals surface area contributed by atoms with E-state index < -0.39 is 6.03 Å². The fourth-order valence-corrected chi connectivity index (χ4v) is 3.18. The van der Waals surface area contributed by atoms with Crippen LogP contribution in [-0.4, -0.2) is 35.4 Å². The van der Waals surface area contributed by atoms with Gasteiger partial charge in [0.15, 0.2) is 0 Å². The van der Waals surface area contributed by atoms with E-state index in [1.54, 1.807) is 17.4 Å². The Bertz CT molecular complexity index is 873. The van der Waals surface area contributed by atoms with Gasteiger partial charge in [0.1, 0.15) is 11.6 Å². The molecule has 0 fully saturated rings. The fourth-order valence-electron chi connectivity index (χ4n) is 2.22. The molecule has 3 rings (SSSR count). The Morgan fingerprint density at radius 2 is 2.00 bits per heavy atom. The first-order valence-electron chi connectivity index (χ1n) is 7.29. The highest BCUT2D eigenvalue weighted by Gasteiger charge is 2.11. The molecule has 2 aromatic carbocycles. The topological polar surface area (TPSA) is 88.3 Å². The lowest BCUT2D eigenvalue weighted by Crippen LogP contribution is -2.38. The number of likely N-dealkylation sites (N-methyl/N-ethyl adjacent to an activating group) is 1. The van der Waals surface area contributed by atoms with Gasteiger partial charge in [-0.1, -0.05) is 24.3 Å². The van der Waals surface area contributed by atoms with E-state index in [-0.39, 0.29) is 12.5 Å². The summed E-state index contributed by atoms with van der Waals surface area (Å²) in [6, 6.07) is 14.8. The Morgan fingerprint density at radius 1 is 1.21 bits per heavy atom. The van der Waals surface area contributed by atoms with Gasteiger partial charge in [-0.05, 0) is 24.3 Å². The highest BCUT2D eigenvalue weighted by molar-refractivity contribution is 7.21. The molecule has 0 saturated carbocycles. The van der Waals surface area contributed by atoms with Crippen LogP contribution >= 0.6 is 11.3 Å². The first-order valence-corrected chi connectivity index (χ1v) is 8.11. The van der Waals surface area contributed by atoms with Crippen molar-refractivity contribution < 1.29 is 9.59 Å². The van der Waals surface area contributed by atoms with Gasteiger partial charge in [-0.3, -0.25) is 4.79 Å². The Labute approximate surface area is 142 Å². The van der Waals surface area contributed by atoms with Crippen LogP contribution in [0.15, 0.2) is 48.5 Å². The summed E-state index contributed by atoms with van der Waals surface area (Å²) in [4.78, 5) is 28.7. The summed E-state index contributed by atoms with van der Waals surface area (Å²) in [5.41, 5.74) is 7.64. The number of nitrogens with two attached hydrogens (primary N) is 1. The molecular weight excluding hydrogens is 324 g/mol. The maximum atomic E-state index is 11.9. The van der Waals surface area contributed by atoms with Crippen molar-refractivity contribution in [2.45, 2.75) is 0 Å². The van der Waals surface area contributed by atoms with E-state index in [1.807, 2.05) is 42.5 Å². The minimum Gasteiger partial charge on any atom is -0.351 e. The van der Waals surface area contributed by atoms with Crippen LogP contribution in [0.4, 0.5) is 10.5 Å². The summed E-state index contributed by atoms with van der Waals surface area (Å²) in [5, 5.41) is 3.65. The number of carbonyl (C=O) groups excluding carboxylic acids is 2. The van der Waals surface area contributed by atoms with Crippen LogP contribution in [0, 0.1) is 0 Å². The molecule has 0 aliphatic heterocycles. The molecule has 0 radical (unpaired) electrons. The van der Waals surface area contributed by atoms with Crippen molar-refractivity contribution in [2.24, 2.45) is 5.73 Å². The van der Waals surface area contributed by atoms with Gasteiger partial charge < -0.3 is 16.0 Å². The van der Waals surface area contributed by atoms with Crippen molar-refractivity contribution in [1.29, 1.82) is 0 Å². The first-order chi connectivity index (χ1) is 11.5. The zero-order valence-electron chi connectivity index (χ0n) is 13.0. The number of carbonyl (C=O) groups is 2. The molecule has 0 bridgehead atoms. The lowest BCUT2D eigenvalue weighted by atomic mass is 10.2. The SMILES string of the molecule is CN(CC(=O)Nc1cccc(-c2nc3ccccc3s2)c1)C(N)=O. The van der Waals surface area contributed by atoms with Gasteiger partial charge in [0.25, 0.3) is 0 Å². The monoisotopic (exact) mass is 340 g/mol. The van der Waals surface area contributed by atoms with E-state index in [0.717, 1.165) is 25.7 Å². The summed E-state index contributed by atoms with van der Waals surface area (Å²) >= 11 is 1.60. The third-order valence-corrected chi connectivity index (χ3v) is 4.53. The molecule has 6 nitrogen and oxygen atoms in total. The number of aromatic nitrogens is 1. The minimum absolute atomic E-state index is 0.0965. The average molecular weight is 340 g/mol. The summed E-state index contributed by atoms with van der Waals surface area (Å²) < 4.78 is 1.12. The molecule has 0 aliphatic rings. The zero-order chi connectivity index (χ0) is 17.1. The molecular formula is C17H16N4O2S. The van der Waals surface area contributed by atoms with E-state index in [1.165, 1.54) is 7.05 Å².